The van der Waals surface area contributed by atoms with E-state index in [-0.39, 0.29) is 5.91 Å². The molecule has 0 spiro atoms. The predicted octanol–water partition coefficient (Wildman–Crippen LogP) is 3.21. The highest BCUT2D eigenvalue weighted by Crippen LogP contribution is 2.19. The van der Waals surface area contributed by atoms with Crippen molar-refractivity contribution < 1.29 is 4.79 Å². The molecular formula is C17H21N3OS. The fourth-order valence-corrected chi connectivity index (χ4v) is 3.38. The molecule has 5 heteroatoms. The van der Waals surface area contributed by atoms with Gasteiger partial charge in [-0.2, -0.15) is 0 Å². The Morgan fingerprint density at radius 1 is 1.41 bits per heavy atom. The molecule has 0 radical (unpaired) electrons. The molecule has 0 atom stereocenters. The molecule has 2 aromatic rings. The summed E-state index contributed by atoms with van der Waals surface area (Å²) in [4.78, 5) is 20.1. The second-order valence-electron chi connectivity index (χ2n) is 5.68. The Balaban J connectivity index is 1.75. The first kappa shape index (κ1) is 15.2. The van der Waals surface area contributed by atoms with E-state index in [1.807, 2.05) is 13.1 Å². The molecule has 0 unspecified atom stereocenters. The molecule has 0 saturated carbocycles. The van der Waals surface area contributed by atoms with Crippen molar-refractivity contribution in [3.63, 3.8) is 0 Å². The lowest BCUT2D eigenvalue weighted by atomic mass is 10.1. The highest BCUT2D eigenvalue weighted by molar-refractivity contribution is 7.98. The van der Waals surface area contributed by atoms with Crippen LogP contribution in [0.25, 0.3) is 0 Å². The summed E-state index contributed by atoms with van der Waals surface area (Å²) in [5.41, 5.74) is 1.87. The van der Waals surface area contributed by atoms with Crippen LogP contribution in [0.2, 0.25) is 0 Å². The van der Waals surface area contributed by atoms with E-state index in [0.29, 0.717) is 6.54 Å². The summed E-state index contributed by atoms with van der Waals surface area (Å²) in [6, 6.07) is 8.33. The first-order chi connectivity index (χ1) is 10.7. The van der Waals surface area contributed by atoms with Crippen molar-refractivity contribution >= 4 is 17.7 Å². The van der Waals surface area contributed by atoms with Gasteiger partial charge in [0.15, 0.2) is 0 Å². The number of nitrogens with zero attached hydrogens (tertiary/aromatic N) is 3. The fourth-order valence-electron chi connectivity index (χ4n) is 2.90. The molecule has 0 fully saturated rings. The topological polar surface area (TPSA) is 38.1 Å². The molecule has 0 N–H and O–H groups in total. The highest BCUT2D eigenvalue weighted by Gasteiger charge is 2.21. The summed E-state index contributed by atoms with van der Waals surface area (Å²) >= 11 is 1.72. The largest absolute Gasteiger partial charge is 0.336 e. The zero-order chi connectivity index (χ0) is 15.5. The molecule has 4 nitrogen and oxygen atoms in total. The van der Waals surface area contributed by atoms with Gasteiger partial charge in [0.1, 0.15) is 11.5 Å². The molecule has 1 aromatic carbocycles. The minimum atomic E-state index is 0.0511. The molecule has 0 saturated heterocycles. The Kier molecular flexibility index (Phi) is 4.52. The minimum absolute atomic E-state index is 0.0511. The Hall–Kier alpha value is -1.75. The van der Waals surface area contributed by atoms with Crippen LogP contribution in [-0.2, 0) is 19.5 Å². The smallest absolute Gasteiger partial charge is 0.272 e. The van der Waals surface area contributed by atoms with Crippen molar-refractivity contribution in [1.82, 2.24) is 14.5 Å². The van der Waals surface area contributed by atoms with E-state index in [1.165, 1.54) is 11.3 Å². The third-order valence-corrected chi connectivity index (χ3v) is 4.82. The third-order valence-electron chi connectivity index (χ3n) is 4.09. The predicted molar refractivity (Wildman–Crippen MR) is 89.2 cm³/mol. The normalized spacial score (nSPS) is 13.7. The van der Waals surface area contributed by atoms with E-state index >= 15 is 0 Å². The molecule has 1 amide bonds. The number of aryl methyl sites for hydroxylation is 1. The van der Waals surface area contributed by atoms with Crippen LogP contribution in [0, 0.1) is 0 Å². The van der Waals surface area contributed by atoms with Crippen LogP contribution in [0.4, 0.5) is 0 Å². The summed E-state index contributed by atoms with van der Waals surface area (Å²) < 4.78 is 2.08. The van der Waals surface area contributed by atoms with E-state index in [9.17, 15) is 4.79 Å². The van der Waals surface area contributed by atoms with Crippen molar-refractivity contribution in [2.24, 2.45) is 0 Å². The van der Waals surface area contributed by atoms with Gasteiger partial charge < -0.3 is 9.47 Å². The Bertz CT molecular complexity index is 680. The van der Waals surface area contributed by atoms with E-state index in [1.54, 1.807) is 22.9 Å². The van der Waals surface area contributed by atoms with Gasteiger partial charge in [0.2, 0.25) is 0 Å². The van der Waals surface area contributed by atoms with Crippen molar-refractivity contribution in [3.8, 4) is 0 Å². The lowest BCUT2D eigenvalue weighted by Gasteiger charge is -2.20. The average molecular weight is 315 g/mol. The Morgan fingerprint density at radius 3 is 3.09 bits per heavy atom. The van der Waals surface area contributed by atoms with Crippen molar-refractivity contribution in [2.75, 3.05) is 13.3 Å². The summed E-state index contributed by atoms with van der Waals surface area (Å²) in [5, 5.41) is 0. The molecular weight excluding hydrogens is 294 g/mol. The van der Waals surface area contributed by atoms with Gasteiger partial charge in [0, 0.05) is 31.5 Å². The van der Waals surface area contributed by atoms with Gasteiger partial charge >= 0.3 is 0 Å². The van der Waals surface area contributed by atoms with Gasteiger partial charge in [0.05, 0.1) is 6.20 Å². The summed E-state index contributed by atoms with van der Waals surface area (Å²) in [5.74, 6) is 1.10. The van der Waals surface area contributed by atoms with Crippen LogP contribution in [0.3, 0.4) is 0 Å². The number of carbonyl (C=O) groups is 1. The molecule has 3 rings (SSSR count). The van der Waals surface area contributed by atoms with E-state index < -0.39 is 0 Å². The van der Waals surface area contributed by atoms with Gasteiger partial charge in [-0.1, -0.05) is 12.1 Å². The zero-order valence-electron chi connectivity index (χ0n) is 13.1. The lowest BCUT2D eigenvalue weighted by Crippen LogP contribution is -2.29. The molecule has 1 aliphatic heterocycles. The first-order valence-electron chi connectivity index (χ1n) is 7.62. The van der Waals surface area contributed by atoms with Gasteiger partial charge in [-0.15, -0.1) is 11.8 Å². The Morgan fingerprint density at radius 2 is 2.27 bits per heavy atom. The van der Waals surface area contributed by atoms with Crippen molar-refractivity contribution in [3.05, 3.63) is 47.5 Å². The van der Waals surface area contributed by atoms with Gasteiger partial charge in [-0.3, -0.25) is 4.79 Å². The summed E-state index contributed by atoms with van der Waals surface area (Å²) in [6.07, 6.45) is 7.07. The SMILES string of the molecule is CSc1cccc(CN(C)C(=O)c2cnc3n2CCCC3)c1. The first-order valence-corrected chi connectivity index (χ1v) is 8.84. The third kappa shape index (κ3) is 3.04. The van der Waals surface area contributed by atoms with Crippen LogP contribution in [0.5, 0.6) is 0 Å². The molecule has 0 bridgehead atoms. The van der Waals surface area contributed by atoms with Crippen LogP contribution < -0.4 is 0 Å². The molecule has 1 aliphatic rings. The maximum absolute atomic E-state index is 12.7. The Labute approximate surface area is 135 Å². The summed E-state index contributed by atoms with van der Waals surface area (Å²) in [6.45, 7) is 1.53. The molecule has 116 valence electrons. The second kappa shape index (κ2) is 6.57. The average Bonchev–Trinajstić information content (AvgIpc) is 2.98. The monoisotopic (exact) mass is 315 g/mol. The van der Waals surface area contributed by atoms with Crippen LogP contribution in [0.15, 0.2) is 35.4 Å². The van der Waals surface area contributed by atoms with Crippen LogP contribution >= 0.6 is 11.8 Å². The quantitative estimate of drug-likeness (QED) is 0.813. The molecule has 0 aliphatic carbocycles. The molecule has 1 aromatic heterocycles. The molecule has 22 heavy (non-hydrogen) atoms. The number of carbonyl (C=O) groups excluding carboxylic acids is 1. The van der Waals surface area contributed by atoms with Crippen LogP contribution in [-0.4, -0.2) is 33.7 Å². The number of benzene rings is 1. The number of rotatable bonds is 4. The highest BCUT2D eigenvalue weighted by atomic mass is 32.2. The van der Waals surface area contributed by atoms with E-state index in [2.05, 4.69) is 34.0 Å². The minimum Gasteiger partial charge on any atom is -0.336 e. The second-order valence-corrected chi connectivity index (χ2v) is 6.56. The number of hydrogen-bond donors (Lipinski definition) is 0. The lowest BCUT2D eigenvalue weighted by molar-refractivity contribution is 0.0773. The fraction of sp³-hybridized carbons (Fsp3) is 0.412. The van der Waals surface area contributed by atoms with Gasteiger partial charge in [-0.25, -0.2) is 4.98 Å². The van der Waals surface area contributed by atoms with E-state index in [4.69, 9.17) is 0 Å². The number of aromatic nitrogens is 2. The number of amides is 1. The van der Waals surface area contributed by atoms with Crippen molar-refractivity contribution in [1.29, 1.82) is 0 Å². The standard InChI is InChI=1S/C17H21N3OS/c1-19(12-13-6-5-7-14(10-13)22-2)17(21)15-11-18-16-8-3-4-9-20(15)16/h5-7,10-11H,3-4,8-9,12H2,1-2H3. The van der Waals surface area contributed by atoms with Gasteiger partial charge in [-0.05, 0) is 36.8 Å². The number of hydrogen-bond acceptors (Lipinski definition) is 3. The molecule has 2 heterocycles. The number of fused-ring (bicyclic) bond motifs is 1. The van der Waals surface area contributed by atoms with Crippen LogP contribution in [0.1, 0.15) is 34.7 Å². The van der Waals surface area contributed by atoms with Crippen molar-refractivity contribution in [2.45, 2.75) is 37.2 Å². The van der Waals surface area contributed by atoms with E-state index in [0.717, 1.165) is 36.5 Å². The summed E-state index contributed by atoms with van der Waals surface area (Å²) in [7, 11) is 1.86. The maximum Gasteiger partial charge on any atom is 0.272 e. The number of imidazole rings is 1. The zero-order valence-corrected chi connectivity index (χ0v) is 13.9. The van der Waals surface area contributed by atoms with Gasteiger partial charge in [0.25, 0.3) is 5.91 Å². The number of thioether (sulfide) groups is 1. The maximum atomic E-state index is 12.7.